The van der Waals surface area contributed by atoms with Gasteiger partial charge in [0, 0.05) is 5.54 Å². The third-order valence-corrected chi connectivity index (χ3v) is 5.29. The van der Waals surface area contributed by atoms with E-state index in [4.69, 9.17) is 0 Å². The van der Waals surface area contributed by atoms with Crippen LogP contribution in [0.25, 0.3) is 0 Å². The number of likely N-dealkylation sites (tertiary alicyclic amines) is 1. The molecule has 1 heterocycles. The number of aryl methyl sites for hydroxylation is 1. The van der Waals surface area contributed by atoms with Gasteiger partial charge in [0.15, 0.2) is 0 Å². The number of nitrogens with zero attached hydrogens (tertiary/aromatic N) is 1. The molecule has 0 spiro atoms. The molecule has 0 aromatic heterocycles. The molecule has 1 aliphatic rings. The Kier molecular flexibility index (Phi) is 5.22. The van der Waals surface area contributed by atoms with Crippen molar-refractivity contribution in [3.8, 4) is 0 Å². The van der Waals surface area contributed by atoms with Crippen LogP contribution in [0.5, 0.6) is 0 Å². The SMILES string of the molecule is CCC(CC)(C(NC)c1ccccc1C)N1CCCC1. The fourth-order valence-corrected chi connectivity index (χ4v) is 4.07. The van der Waals surface area contributed by atoms with E-state index in [1.54, 1.807) is 0 Å². The molecule has 112 valence electrons. The molecule has 1 atom stereocenters. The smallest absolute Gasteiger partial charge is 0.0507 e. The molecule has 2 rings (SSSR count). The lowest BCUT2D eigenvalue weighted by atomic mass is 9.78. The first kappa shape index (κ1) is 15.5. The molecule has 0 saturated carbocycles. The van der Waals surface area contributed by atoms with Crippen LogP contribution in [0.2, 0.25) is 0 Å². The van der Waals surface area contributed by atoms with Gasteiger partial charge in [0.25, 0.3) is 0 Å². The summed E-state index contributed by atoms with van der Waals surface area (Å²) in [6.07, 6.45) is 5.10. The highest BCUT2D eigenvalue weighted by atomic mass is 15.2. The van der Waals surface area contributed by atoms with Gasteiger partial charge in [-0.25, -0.2) is 0 Å². The van der Waals surface area contributed by atoms with Crippen molar-refractivity contribution in [3.63, 3.8) is 0 Å². The Balaban J connectivity index is 2.42. The quantitative estimate of drug-likeness (QED) is 0.846. The van der Waals surface area contributed by atoms with Crippen LogP contribution in [0, 0.1) is 6.92 Å². The fourth-order valence-electron chi connectivity index (χ4n) is 4.07. The first-order chi connectivity index (χ1) is 9.69. The molecule has 2 heteroatoms. The van der Waals surface area contributed by atoms with Gasteiger partial charge in [-0.3, -0.25) is 4.90 Å². The molecular weight excluding hydrogens is 244 g/mol. The topological polar surface area (TPSA) is 15.3 Å². The second-order valence-corrected chi connectivity index (χ2v) is 6.08. The van der Waals surface area contributed by atoms with Crippen molar-refractivity contribution < 1.29 is 0 Å². The van der Waals surface area contributed by atoms with Crippen LogP contribution in [0.1, 0.15) is 56.7 Å². The minimum atomic E-state index is 0.247. The van der Waals surface area contributed by atoms with Gasteiger partial charge in [0.05, 0.1) is 6.04 Å². The lowest BCUT2D eigenvalue weighted by Crippen LogP contribution is -2.54. The number of hydrogen-bond donors (Lipinski definition) is 1. The third-order valence-electron chi connectivity index (χ3n) is 5.29. The minimum Gasteiger partial charge on any atom is -0.311 e. The van der Waals surface area contributed by atoms with E-state index in [1.807, 2.05) is 0 Å². The van der Waals surface area contributed by atoms with Crippen LogP contribution in [0.3, 0.4) is 0 Å². The van der Waals surface area contributed by atoms with Crippen LogP contribution in [0.15, 0.2) is 24.3 Å². The first-order valence-corrected chi connectivity index (χ1v) is 8.17. The predicted molar refractivity (Wildman–Crippen MR) is 87.1 cm³/mol. The Hall–Kier alpha value is -0.860. The summed E-state index contributed by atoms with van der Waals surface area (Å²) in [5, 5.41) is 3.64. The van der Waals surface area contributed by atoms with Gasteiger partial charge in [0.2, 0.25) is 0 Å². The standard InChI is InChI=1S/C18H30N2/c1-5-18(6-2,20-13-9-10-14-20)17(19-4)16-12-8-7-11-15(16)3/h7-8,11-12,17,19H,5-6,9-10,13-14H2,1-4H3. The molecule has 20 heavy (non-hydrogen) atoms. The molecule has 1 aromatic carbocycles. The zero-order valence-electron chi connectivity index (χ0n) is 13.6. The second-order valence-electron chi connectivity index (χ2n) is 6.08. The van der Waals surface area contributed by atoms with E-state index in [2.05, 4.69) is 62.3 Å². The molecule has 0 amide bonds. The normalized spacial score (nSPS) is 18.4. The third kappa shape index (κ3) is 2.64. The number of likely N-dealkylation sites (N-methyl/N-ethyl adjacent to an activating group) is 1. The Morgan fingerprint density at radius 1 is 1.15 bits per heavy atom. The van der Waals surface area contributed by atoms with Crippen molar-refractivity contribution in [2.45, 2.75) is 58.0 Å². The largest absolute Gasteiger partial charge is 0.311 e. The summed E-state index contributed by atoms with van der Waals surface area (Å²) in [5.41, 5.74) is 3.11. The summed E-state index contributed by atoms with van der Waals surface area (Å²) in [6.45, 7) is 9.45. The van der Waals surface area contributed by atoms with Gasteiger partial charge in [0.1, 0.15) is 0 Å². The fraction of sp³-hybridized carbons (Fsp3) is 0.667. The van der Waals surface area contributed by atoms with Gasteiger partial charge in [-0.05, 0) is 63.9 Å². The van der Waals surface area contributed by atoms with Gasteiger partial charge in [-0.2, -0.15) is 0 Å². The molecule has 0 radical (unpaired) electrons. The highest BCUT2D eigenvalue weighted by Gasteiger charge is 2.42. The summed E-state index contributed by atoms with van der Waals surface area (Å²) in [7, 11) is 2.12. The van der Waals surface area contributed by atoms with Crippen molar-refractivity contribution in [2.75, 3.05) is 20.1 Å². The second kappa shape index (κ2) is 6.73. The first-order valence-electron chi connectivity index (χ1n) is 8.17. The molecule has 1 fully saturated rings. The van der Waals surface area contributed by atoms with Crippen molar-refractivity contribution in [2.24, 2.45) is 0 Å². The number of benzene rings is 1. The zero-order valence-corrected chi connectivity index (χ0v) is 13.6. The van der Waals surface area contributed by atoms with Crippen LogP contribution in [-0.4, -0.2) is 30.6 Å². The van der Waals surface area contributed by atoms with Crippen LogP contribution < -0.4 is 5.32 Å². The van der Waals surface area contributed by atoms with Crippen LogP contribution in [0.4, 0.5) is 0 Å². The highest BCUT2D eigenvalue weighted by molar-refractivity contribution is 5.31. The number of hydrogen-bond acceptors (Lipinski definition) is 2. The van der Waals surface area contributed by atoms with Crippen molar-refractivity contribution in [1.82, 2.24) is 10.2 Å². The van der Waals surface area contributed by atoms with Crippen molar-refractivity contribution >= 4 is 0 Å². The van der Waals surface area contributed by atoms with E-state index in [0.29, 0.717) is 6.04 Å². The summed E-state index contributed by atoms with van der Waals surface area (Å²) in [4.78, 5) is 2.74. The van der Waals surface area contributed by atoms with Crippen molar-refractivity contribution in [3.05, 3.63) is 35.4 Å². The summed E-state index contributed by atoms with van der Waals surface area (Å²) < 4.78 is 0. The maximum absolute atomic E-state index is 3.64. The average molecular weight is 274 g/mol. The zero-order chi connectivity index (χ0) is 14.6. The summed E-state index contributed by atoms with van der Waals surface area (Å²) in [6, 6.07) is 9.26. The van der Waals surface area contributed by atoms with Gasteiger partial charge in [-0.15, -0.1) is 0 Å². The van der Waals surface area contributed by atoms with E-state index in [1.165, 1.54) is 49.9 Å². The number of rotatable bonds is 6. The summed E-state index contributed by atoms with van der Waals surface area (Å²) >= 11 is 0. The molecule has 1 N–H and O–H groups in total. The van der Waals surface area contributed by atoms with E-state index < -0.39 is 0 Å². The molecule has 1 aliphatic heterocycles. The van der Waals surface area contributed by atoms with Crippen molar-refractivity contribution in [1.29, 1.82) is 0 Å². The monoisotopic (exact) mass is 274 g/mol. The minimum absolute atomic E-state index is 0.247. The maximum atomic E-state index is 3.64. The molecular formula is C18H30N2. The molecule has 0 aliphatic carbocycles. The molecule has 1 unspecified atom stereocenters. The van der Waals surface area contributed by atoms with E-state index in [-0.39, 0.29) is 5.54 Å². The average Bonchev–Trinajstić information content (AvgIpc) is 3.01. The Morgan fingerprint density at radius 2 is 1.75 bits per heavy atom. The Bertz CT molecular complexity index is 417. The lowest BCUT2D eigenvalue weighted by Gasteiger charge is -2.47. The Labute approximate surface area is 124 Å². The lowest BCUT2D eigenvalue weighted by molar-refractivity contribution is 0.0645. The maximum Gasteiger partial charge on any atom is 0.0507 e. The van der Waals surface area contributed by atoms with E-state index in [9.17, 15) is 0 Å². The summed E-state index contributed by atoms with van der Waals surface area (Å²) in [5.74, 6) is 0. The molecule has 0 bridgehead atoms. The Morgan fingerprint density at radius 3 is 2.25 bits per heavy atom. The van der Waals surface area contributed by atoms with E-state index >= 15 is 0 Å². The highest BCUT2D eigenvalue weighted by Crippen LogP contribution is 2.40. The van der Waals surface area contributed by atoms with Crippen LogP contribution >= 0.6 is 0 Å². The van der Waals surface area contributed by atoms with E-state index in [0.717, 1.165) is 0 Å². The number of nitrogens with one attached hydrogen (secondary N) is 1. The molecule has 1 saturated heterocycles. The van der Waals surface area contributed by atoms with Gasteiger partial charge in [-0.1, -0.05) is 38.1 Å². The van der Waals surface area contributed by atoms with Gasteiger partial charge < -0.3 is 5.32 Å². The molecule has 1 aromatic rings. The van der Waals surface area contributed by atoms with Crippen LogP contribution in [-0.2, 0) is 0 Å². The van der Waals surface area contributed by atoms with Gasteiger partial charge >= 0.3 is 0 Å². The molecule has 2 nitrogen and oxygen atoms in total. The predicted octanol–water partition coefficient (Wildman–Crippen LogP) is 3.91.